The Kier molecular flexibility index (Phi) is 8.03. The standard InChI is InChI=1S/C27H40F2N2O3S.ClH/c1-3-27(20-7-5-8-21(17-20)30-35(32,33)22-9-10-22)23-18-31(19-24(23)27)16-6-11-25(34-4-2)12-14-26(28,29)15-13-25;/h5,7-8,17,22-24,30H,3-4,6,9-16,18-19H2,1-2H3;1H/t23-,24+,27+;. The molecule has 0 bridgehead atoms. The highest BCUT2D eigenvalue weighted by Gasteiger charge is 2.67. The summed E-state index contributed by atoms with van der Waals surface area (Å²) in [6, 6.07) is 8.04. The third-order valence-corrected chi connectivity index (χ3v) is 11.1. The first-order valence-electron chi connectivity index (χ1n) is 13.5. The molecule has 3 aliphatic carbocycles. The second-order valence-electron chi connectivity index (χ2n) is 11.4. The van der Waals surface area contributed by atoms with Crippen molar-refractivity contribution in [3.8, 4) is 0 Å². The van der Waals surface area contributed by atoms with E-state index in [9.17, 15) is 17.2 Å². The third kappa shape index (κ3) is 5.43. The van der Waals surface area contributed by atoms with Gasteiger partial charge in [0.2, 0.25) is 15.9 Å². The van der Waals surface area contributed by atoms with Gasteiger partial charge in [-0.05, 0) is 87.9 Å². The fraction of sp³-hybridized carbons (Fsp3) is 0.778. The fourth-order valence-electron chi connectivity index (χ4n) is 7.12. The summed E-state index contributed by atoms with van der Waals surface area (Å²) in [7, 11) is -3.26. The average molecular weight is 547 g/mol. The summed E-state index contributed by atoms with van der Waals surface area (Å²) in [5.41, 5.74) is 1.70. The molecule has 0 aromatic heterocycles. The number of benzene rings is 1. The van der Waals surface area contributed by atoms with Crippen LogP contribution in [0.1, 0.15) is 77.2 Å². The number of fused-ring (bicyclic) bond motifs is 1. The zero-order chi connectivity index (χ0) is 24.9. The minimum Gasteiger partial charge on any atom is -0.375 e. The Balaban J connectivity index is 0.00000304. The Morgan fingerprint density at radius 2 is 1.75 bits per heavy atom. The van der Waals surface area contributed by atoms with Gasteiger partial charge in [0, 0.05) is 43.6 Å². The molecule has 3 saturated carbocycles. The summed E-state index contributed by atoms with van der Waals surface area (Å²) in [5, 5.41) is -0.230. The number of hydrogen-bond acceptors (Lipinski definition) is 4. The Hall–Kier alpha value is -0.960. The van der Waals surface area contributed by atoms with E-state index in [2.05, 4.69) is 28.7 Å². The zero-order valence-corrected chi connectivity index (χ0v) is 23.1. The molecule has 1 aliphatic heterocycles. The van der Waals surface area contributed by atoms with Crippen LogP contribution in [0.3, 0.4) is 0 Å². The van der Waals surface area contributed by atoms with Crippen molar-refractivity contribution < 1.29 is 21.9 Å². The quantitative estimate of drug-likeness (QED) is 0.370. The summed E-state index contributed by atoms with van der Waals surface area (Å²) in [4.78, 5) is 2.53. The molecule has 4 aliphatic rings. The lowest BCUT2D eigenvalue weighted by molar-refractivity contribution is -0.134. The number of anilines is 1. The number of sulfonamides is 1. The predicted molar refractivity (Wildman–Crippen MR) is 142 cm³/mol. The number of alkyl halides is 2. The van der Waals surface area contributed by atoms with E-state index in [0.29, 0.717) is 37.0 Å². The van der Waals surface area contributed by atoms with Gasteiger partial charge < -0.3 is 9.64 Å². The zero-order valence-electron chi connectivity index (χ0n) is 21.5. The molecule has 3 atom stereocenters. The maximum absolute atomic E-state index is 13.7. The fourth-order valence-corrected chi connectivity index (χ4v) is 8.50. The molecule has 9 heteroatoms. The minimum absolute atomic E-state index is 0. The smallest absolute Gasteiger partial charge is 0.248 e. The largest absolute Gasteiger partial charge is 0.375 e. The van der Waals surface area contributed by atoms with Gasteiger partial charge in [-0.1, -0.05) is 19.1 Å². The maximum Gasteiger partial charge on any atom is 0.248 e. The van der Waals surface area contributed by atoms with Crippen LogP contribution >= 0.6 is 12.4 Å². The lowest BCUT2D eigenvalue weighted by Gasteiger charge is -2.40. The molecule has 1 N–H and O–H groups in total. The van der Waals surface area contributed by atoms with Gasteiger partial charge in [0.1, 0.15) is 0 Å². The molecule has 1 aromatic carbocycles. The summed E-state index contributed by atoms with van der Waals surface area (Å²) in [5.74, 6) is -1.34. The first-order valence-corrected chi connectivity index (χ1v) is 15.0. The van der Waals surface area contributed by atoms with Gasteiger partial charge in [-0.25, -0.2) is 17.2 Å². The van der Waals surface area contributed by atoms with Crippen LogP contribution < -0.4 is 4.72 Å². The van der Waals surface area contributed by atoms with E-state index in [1.165, 1.54) is 5.56 Å². The molecule has 0 spiro atoms. The SMILES string of the molecule is CCOC1(CCCN2C[C@@H]3[C@H](C2)[C@@]3(CC)c2cccc(NS(=O)(=O)C3CC3)c2)CCC(F)(F)CC1.Cl. The lowest BCUT2D eigenvalue weighted by atomic mass is 9.79. The van der Waals surface area contributed by atoms with Gasteiger partial charge in [0.15, 0.2) is 0 Å². The molecule has 36 heavy (non-hydrogen) atoms. The van der Waals surface area contributed by atoms with Crippen molar-refractivity contribution in [2.75, 3.05) is 31.0 Å². The summed E-state index contributed by atoms with van der Waals surface area (Å²) < 4.78 is 61.0. The van der Waals surface area contributed by atoms with Crippen LogP contribution in [0, 0.1) is 11.8 Å². The van der Waals surface area contributed by atoms with Crippen molar-refractivity contribution in [2.24, 2.45) is 11.8 Å². The van der Waals surface area contributed by atoms with Crippen molar-refractivity contribution in [3.05, 3.63) is 29.8 Å². The number of hydrogen-bond donors (Lipinski definition) is 1. The number of halogens is 3. The van der Waals surface area contributed by atoms with E-state index in [0.717, 1.165) is 51.7 Å². The number of nitrogens with zero attached hydrogens (tertiary/aromatic N) is 1. The molecule has 0 radical (unpaired) electrons. The van der Waals surface area contributed by atoms with E-state index in [1.807, 2.05) is 19.1 Å². The highest BCUT2D eigenvalue weighted by Crippen LogP contribution is 2.65. The molecule has 5 rings (SSSR count). The van der Waals surface area contributed by atoms with Gasteiger partial charge in [-0.2, -0.15) is 0 Å². The molecule has 4 fully saturated rings. The van der Waals surface area contributed by atoms with Crippen molar-refractivity contribution >= 4 is 28.1 Å². The topological polar surface area (TPSA) is 58.6 Å². The first-order chi connectivity index (χ1) is 16.6. The van der Waals surface area contributed by atoms with E-state index in [-0.39, 0.29) is 41.5 Å². The van der Waals surface area contributed by atoms with Gasteiger partial charge in [0.05, 0.1) is 10.9 Å². The highest BCUT2D eigenvalue weighted by atomic mass is 35.5. The molecule has 5 nitrogen and oxygen atoms in total. The normalized spacial score (nSPS) is 30.9. The molecular weight excluding hydrogens is 506 g/mol. The lowest BCUT2D eigenvalue weighted by Crippen LogP contribution is -2.41. The number of ether oxygens (including phenoxy) is 1. The molecule has 1 heterocycles. The molecule has 0 amide bonds. The summed E-state index contributed by atoms with van der Waals surface area (Å²) in [6.45, 7) is 7.87. The van der Waals surface area contributed by atoms with Gasteiger partial charge in [0.25, 0.3) is 0 Å². The van der Waals surface area contributed by atoms with Gasteiger partial charge in [-0.3, -0.25) is 4.72 Å². The van der Waals surface area contributed by atoms with E-state index >= 15 is 0 Å². The Morgan fingerprint density at radius 3 is 2.33 bits per heavy atom. The molecular formula is C27H41ClF2N2O3S. The number of piperidine rings is 1. The second-order valence-corrected chi connectivity index (χ2v) is 13.3. The number of nitrogens with one attached hydrogen (secondary N) is 1. The van der Waals surface area contributed by atoms with Crippen LogP contribution in [0.15, 0.2) is 24.3 Å². The van der Waals surface area contributed by atoms with Crippen molar-refractivity contribution in [1.29, 1.82) is 0 Å². The maximum atomic E-state index is 13.7. The predicted octanol–water partition coefficient (Wildman–Crippen LogP) is 5.99. The Labute approximate surface area is 221 Å². The molecule has 1 aromatic rings. The Bertz CT molecular complexity index is 1010. The average Bonchev–Trinajstić information content (AvgIpc) is 3.72. The van der Waals surface area contributed by atoms with Gasteiger partial charge in [-0.15, -0.1) is 12.4 Å². The third-order valence-electron chi connectivity index (χ3n) is 9.27. The summed E-state index contributed by atoms with van der Waals surface area (Å²) >= 11 is 0. The Morgan fingerprint density at radius 1 is 1.08 bits per heavy atom. The summed E-state index contributed by atoms with van der Waals surface area (Å²) in [6.07, 6.45) is 5.19. The van der Waals surface area contributed by atoms with E-state index in [1.54, 1.807) is 0 Å². The van der Waals surface area contributed by atoms with Crippen LogP contribution in [0.5, 0.6) is 0 Å². The van der Waals surface area contributed by atoms with E-state index < -0.39 is 15.9 Å². The van der Waals surface area contributed by atoms with Crippen molar-refractivity contribution in [3.63, 3.8) is 0 Å². The van der Waals surface area contributed by atoms with Crippen LogP contribution in [-0.4, -0.2) is 56.3 Å². The molecule has 204 valence electrons. The van der Waals surface area contributed by atoms with Crippen LogP contribution in [0.4, 0.5) is 14.5 Å². The van der Waals surface area contributed by atoms with Crippen LogP contribution in [-0.2, 0) is 20.2 Å². The van der Waals surface area contributed by atoms with Crippen molar-refractivity contribution in [2.45, 2.75) is 93.8 Å². The van der Waals surface area contributed by atoms with Gasteiger partial charge >= 0.3 is 0 Å². The van der Waals surface area contributed by atoms with Crippen LogP contribution in [0.25, 0.3) is 0 Å². The van der Waals surface area contributed by atoms with Crippen LogP contribution in [0.2, 0.25) is 0 Å². The molecule has 1 saturated heterocycles. The minimum atomic E-state index is -3.26. The molecule has 0 unspecified atom stereocenters. The number of likely N-dealkylation sites (tertiary alicyclic amines) is 1. The first kappa shape index (κ1) is 28.1. The number of rotatable bonds is 11. The van der Waals surface area contributed by atoms with E-state index in [4.69, 9.17) is 4.74 Å². The highest BCUT2D eigenvalue weighted by molar-refractivity contribution is 7.93. The monoisotopic (exact) mass is 546 g/mol. The van der Waals surface area contributed by atoms with Crippen molar-refractivity contribution in [1.82, 2.24) is 4.90 Å². The second kappa shape index (κ2) is 10.3.